The Morgan fingerprint density at radius 2 is 2.06 bits per heavy atom. The van der Waals surface area contributed by atoms with Crippen molar-refractivity contribution >= 4 is 49.4 Å². The van der Waals surface area contributed by atoms with E-state index in [0.29, 0.717) is 6.42 Å². The monoisotopic (exact) mass is 499 g/mol. The number of rotatable bonds is 6. The van der Waals surface area contributed by atoms with E-state index in [9.17, 15) is 19.7 Å². The third-order valence-corrected chi connectivity index (χ3v) is 5.69. The average Bonchev–Trinajstić information content (AvgIpc) is 3.06. The Labute approximate surface area is 189 Å². The van der Waals surface area contributed by atoms with Crippen molar-refractivity contribution in [2.24, 2.45) is 0 Å². The fourth-order valence-corrected chi connectivity index (χ4v) is 4.04. The Balaban J connectivity index is 1.58. The number of amides is 1. The highest BCUT2D eigenvalue weighted by Gasteiger charge is 2.19. The van der Waals surface area contributed by atoms with Gasteiger partial charge >= 0.3 is 5.63 Å². The molecule has 2 heterocycles. The number of aromatic amines is 1. The van der Waals surface area contributed by atoms with Crippen LogP contribution < -0.4 is 15.7 Å². The fraction of sp³-hybridized carbons (Fsp3) is 0.182. The Bertz CT molecular complexity index is 1440. The summed E-state index contributed by atoms with van der Waals surface area (Å²) in [5, 5.41) is 15.2. The highest BCUT2D eigenvalue weighted by atomic mass is 79.9. The molecule has 0 radical (unpaired) electrons. The largest absolute Gasteiger partial charge is 0.493 e. The van der Waals surface area contributed by atoms with Crippen LogP contribution in [0.1, 0.15) is 21.6 Å². The zero-order valence-corrected chi connectivity index (χ0v) is 18.7. The normalized spacial score (nSPS) is 11.1. The number of carbonyl (C=O) groups excluding carboxylic acids is 1. The topological polar surface area (TPSA) is 127 Å². The van der Waals surface area contributed by atoms with Gasteiger partial charge < -0.3 is 19.5 Å². The molecule has 0 saturated heterocycles. The number of ether oxygens (including phenoxy) is 1. The SMILES string of the molecule is COc1cc([N+](=O)[O-])cc2cc(C(=O)NCCc3c(C)[nH]c4ccc(Br)cc34)c(=O)oc12. The number of aryl methyl sites for hydroxylation is 1. The zero-order chi connectivity index (χ0) is 23.0. The highest BCUT2D eigenvalue weighted by Crippen LogP contribution is 2.30. The maximum atomic E-state index is 12.7. The molecule has 0 aliphatic rings. The lowest BCUT2D eigenvalue weighted by Gasteiger charge is -2.08. The van der Waals surface area contributed by atoms with E-state index in [1.165, 1.54) is 19.2 Å². The Morgan fingerprint density at radius 3 is 2.78 bits per heavy atom. The Kier molecular flexibility index (Phi) is 5.70. The van der Waals surface area contributed by atoms with Crippen LogP contribution in [0.25, 0.3) is 21.9 Å². The van der Waals surface area contributed by atoms with E-state index in [0.717, 1.165) is 32.7 Å². The van der Waals surface area contributed by atoms with Crippen molar-refractivity contribution < 1.29 is 18.9 Å². The Hall–Kier alpha value is -3.66. The number of carbonyl (C=O) groups is 1. The van der Waals surface area contributed by atoms with Crippen LogP contribution in [0.4, 0.5) is 5.69 Å². The van der Waals surface area contributed by atoms with Gasteiger partial charge in [0.05, 0.1) is 18.1 Å². The van der Waals surface area contributed by atoms with E-state index in [2.05, 4.69) is 26.2 Å². The van der Waals surface area contributed by atoms with Gasteiger partial charge in [-0.15, -0.1) is 0 Å². The summed E-state index contributed by atoms with van der Waals surface area (Å²) in [7, 11) is 1.31. The lowest BCUT2D eigenvalue weighted by molar-refractivity contribution is -0.384. The number of nitro benzene ring substituents is 1. The van der Waals surface area contributed by atoms with Crippen molar-refractivity contribution in [3.63, 3.8) is 0 Å². The molecule has 0 spiro atoms. The first-order valence-electron chi connectivity index (χ1n) is 9.63. The number of benzene rings is 2. The van der Waals surface area contributed by atoms with E-state index in [1.54, 1.807) is 0 Å². The molecule has 0 unspecified atom stereocenters. The van der Waals surface area contributed by atoms with Crippen molar-refractivity contribution in [3.8, 4) is 5.75 Å². The molecule has 4 aromatic rings. The lowest BCUT2D eigenvalue weighted by atomic mass is 10.1. The van der Waals surface area contributed by atoms with E-state index < -0.39 is 16.5 Å². The molecule has 9 nitrogen and oxygen atoms in total. The summed E-state index contributed by atoms with van der Waals surface area (Å²) >= 11 is 3.47. The van der Waals surface area contributed by atoms with Gasteiger partial charge in [0.15, 0.2) is 11.3 Å². The Morgan fingerprint density at radius 1 is 1.28 bits per heavy atom. The van der Waals surface area contributed by atoms with E-state index >= 15 is 0 Å². The third kappa shape index (κ3) is 3.96. The van der Waals surface area contributed by atoms with Crippen LogP contribution in [0, 0.1) is 17.0 Å². The van der Waals surface area contributed by atoms with Crippen LogP contribution >= 0.6 is 15.9 Å². The standard InChI is InChI=1S/C22H18BrN3O6/c1-11-15(16-9-13(23)3-4-18(16)25-11)5-6-24-21(27)17-8-12-7-14(26(29)30)10-19(31-2)20(12)32-22(17)28/h3-4,7-10,25H,5-6H2,1-2H3,(H,24,27). The van der Waals surface area contributed by atoms with Gasteiger partial charge in [0.1, 0.15) is 5.56 Å². The summed E-state index contributed by atoms with van der Waals surface area (Å²) in [6, 6.07) is 9.59. The molecule has 0 aliphatic heterocycles. The molecule has 0 saturated carbocycles. The number of fused-ring (bicyclic) bond motifs is 2. The van der Waals surface area contributed by atoms with Crippen molar-refractivity contribution in [1.29, 1.82) is 0 Å². The first-order valence-corrected chi connectivity index (χ1v) is 10.4. The van der Waals surface area contributed by atoms with Crippen molar-refractivity contribution in [2.75, 3.05) is 13.7 Å². The van der Waals surface area contributed by atoms with E-state index in [1.807, 2.05) is 25.1 Å². The molecule has 2 aromatic heterocycles. The van der Waals surface area contributed by atoms with Gasteiger partial charge in [0.25, 0.3) is 11.6 Å². The molecule has 32 heavy (non-hydrogen) atoms. The molecule has 4 rings (SSSR count). The van der Waals surface area contributed by atoms with Gasteiger partial charge in [-0.05, 0) is 43.2 Å². The minimum Gasteiger partial charge on any atom is -0.493 e. The third-order valence-electron chi connectivity index (χ3n) is 5.20. The molecule has 2 N–H and O–H groups in total. The van der Waals surface area contributed by atoms with Gasteiger partial charge in [-0.25, -0.2) is 4.79 Å². The molecular formula is C22H18BrN3O6. The number of methoxy groups -OCH3 is 1. The van der Waals surface area contributed by atoms with Crippen molar-refractivity contribution in [3.05, 3.63) is 78.2 Å². The van der Waals surface area contributed by atoms with Crippen LogP contribution in [-0.2, 0) is 6.42 Å². The minimum atomic E-state index is -0.852. The zero-order valence-electron chi connectivity index (χ0n) is 17.2. The van der Waals surface area contributed by atoms with Crippen LogP contribution in [0.15, 0.2) is 50.1 Å². The summed E-state index contributed by atoms with van der Waals surface area (Å²) in [5.74, 6) is -0.580. The summed E-state index contributed by atoms with van der Waals surface area (Å²) in [6.07, 6.45) is 0.548. The summed E-state index contributed by atoms with van der Waals surface area (Å²) < 4.78 is 11.3. The van der Waals surface area contributed by atoms with Crippen molar-refractivity contribution in [2.45, 2.75) is 13.3 Å². The number of aromatic nitrogens is 1. The number of nitro groups is 1. The van der Waals surface area contributed by atoms with Crippen molar-refractivity contribution in [1.82, 2.24) is 10.3 Å². The number of nitrogens with zero attached hydrogens (tertiary/aromatic N) is 1. The summed E-state index contributed by atoms with van der Waals surface area (Å²) in [5.41, 5.74) is 1.77. The molecule has 0 bridgehead atoms. The van der Waals surface area contributed by atoms with Gasteiger partial charge in [-0.1, -0.05) is 15.9 Å². The minimum absolute atomic E-state index is 0.0410. The molecule has 0 fully saturated rings. The number of nitrogens with one attached hydrogen (secondary N) is 2. The molecule has 10 heteroatoms. The molecular weight excluding hydrogens is 482 g/mol. The fourth-order valence-electron chi connectivity index (χ4n) is 3.68. The number of halogens is 1. The van der Waals surface area contributed by atoms with Gasteiger partial charge in [-0.3, -0.25) is 14.9 Å². The molecule has 164 valence electrons. The van der Waals surface area contributed by atoms with Gasteiger partial charge in [0.2, 0.25) is 0 Å². The predicted molar refractivity (Wildman–Crippen MR) is 122 cm³/mol. The number of hydrogen-bond donors (Lipinski definition) is 2. The molecule has 1 amide bonds. The summed E-state index contributed by atoms with van der Waals surface area (Å²) in [6.45, 7) is 2.25. The second-order valence-electron chi connectivity index (χ2n) is 7.20. The molecule has 0 atom stereocenters. The highest BCUT2D eigenvalue weighted by molar-refractivity contribution is 9.10. The first kappa shape index (κ1) is 21.6. The van der Waals surface area contributed by atoms with Crippen LogP contribution in [0.3, 0.4) is 0 Å². The van der Waals surface area contributed by atoms with Crippen LogP contribution in [0.2, 0.25) is 0 Å². The van der Waals surface area contributed by atoms with Gasteiger partial charge in [0, 0.05) is 39.1 Å². The van der Waals surface area contributed by atoms with E-state index in [4.69, 9.17) is 9.15 Å². The predicted octanol–water partition coefficient (Wildman–Crippen LogP) is 4.23. The second kappa shape index (κ2) is 8.46. The molecule has 2 aromatic carbocycles. The summed E-state index contributed by atoms with van der Waals surface area (Å²) in [4.78, 5) is 38.9. The number of non-ortho nitro benzene ring substituents is 1. The number of H-pyrrole nitrogens is 1. The molecule has 0 aliphatic carbocycles. The van der Waals surface area contributed by atoms with Crippen LogP contribution in [-0.4, -0.2) is 29.5 Å². The van der Waals surface area contributed by atoms with Crippen LogP contribution in [0.5, 0.6) is 5.75 Å². The first-order chi connectivity index (χ1) is 15.3. The second-order valence-corrected chi connectivity index (χ2v) is 8.11. The smallest absolute Gasteiger partial charge is 0.349 e. The van der Waals surface area contributed by atoms with Gasteiger partial charge in [-0.2, -0.15) is 0 Å². The average molecular weight is 500 g/mol. The van der Waals surface area contributed by atoms with E-state index in [-0.39, 0.29) is 34.5 Å². The quantitative estimate of drug-likeness (QED) is 0.232. The number of hydrogen-bond acceptors (Lipinski definition) is 6. The maximum Gasteiger partial charge on any atom is 0.349 e. The lowest BCUT2D eigenvalue weighted by Crippen LogP contribution is -2.30. The maximum absolute atomic E-state index is 12.7.